The van der Waals surface area contributed by atoms with E-state index in [1.807, 2.05) is 0 Å². The molecule has 0 aliphatic heterocycles. The van der Waals surface area contributed by atoms with Crippen LogP contribution in [-0.2, 0) is 6.54 Å². The molecule has 2 rings (SSSR count). The summed E-state index contributed by atoms with van der Waals surface area (Å²) in [6.45, 7) is 0.213. The zero-order valence-corrected chi connectivity index (χ0v) is 11.0. The first-order valence-electron chi connectivity index (χ1n) is 4.80. The van der Waals surface area contributed by atoms with Crippen LogP contribution in [0.5, 0.6) is 0 Å². The number of H-pyrrole nitrogens is 1. The molecule has 0 saturated heterocycles. The van der Waals surface area contributed by atoms with Gasteiger partial charge in [0.2, 0.25) is 0 Å². The summed E-state index contributed by atoms with van der Waals surface area (Å²) in [4.78, 5) is 25.7. The first kappa shape index (κ1) is 12.1. The molecule has 0 unspecified atom stereocenters. The minimum Gasteiger partial charge on any atom is -0.313 e. The van der Waals surface area contributed by atoms with Gasteiger partial charge in [-0.25, -0.2) is 4.79 Å². The van der Waals surface area contributed by atoms with Gasteiger partial charge in [-0.15, -0.1) is 0 Å². The Bertz CT molecular complexity index is 646. The summed E-state index contributed by atoms with van der Waals surface area (Å²) >= 11 is 8.84. The lowest BCUT2D eigenvalue weighted by atomic mass is 10.2. The first-order chi connectivity index (χ1) is 8.08. The number of nitrogens with one attached hydrogen (secondary N) is 1. The lowest BCUT2D eigenvalue weighted by Crippen LogP contribution is -2.35. The fraction of sp³-hybridized carbons (Fsp3) is 0.0909. The third-order valence-corrected chi connectivity index (χ3v) is 3.09. The van der Waals surface area contributed by atoms with E-state index in [2.05, 4.69) is 20.9 Å². The van der Waals surface area contributed by atoms with Gasteiger partial charge in [-0.05, 0) is 33.6 Å². The Hall–Kier alpha value is -1.33. The van der Waals surface area contributed by atoms with Crippen LogP contribution in [0.1, 0.15) is 5.56 Å². The van der Waals surface area contributed by atoms with E-state index in [9.17, 15) is 9.59 Å². The zero-order valence-electron chi connectivity index (χ0n) is 8.61. The average molecular weight is 316 g/mol. The monoisotopic (exact) mass is 314 g/mol. The van der Waals surface area contributed by atoms with E-state index in [4.69, 9.17) is 11.6 Å². The predicted octanol–water partition coefficient (Wildman–Crippen LogP) is 2.00. The Labute approximate surface area is 110 Å². The highest BCUT2D eigenvalue weighted by Crippen LogP contribution is 2.09. The summed E-state index contributed by atoms with van der Waals surface area (Å²) in [5.74, 6) is 0. The molecule has 1 aromatic carbocycles. The van der Waals surface area contributed by atoms with Crippen LogP contribution in [0.3, 0.4) is 0 Å². The van der Waals surface area contributed by atoms with Gasteiger partial charge in [-0.3, -0.25) is 9.36 Å². The number of nitrogens with zero attached hydrogens (tertiary/aromatic N) is 1. The average Bonchev–Trinajstić information content (AvgIpc) is 2.32. The smallest absolute Gasteiger partial charge is 0.313 e. The van der Waals surface area contributed by atoms with Gasteiger partial charge in [-0.1, -0.05) is 23.7 Å². The van der Waals surface area contributed by atoms with Gasteiger partial charge in [0.15, 0.2) is 0 Å². The molecule has 1 heterocycles. The SMILES string of the molecule is O=c1[nH]cc(Br)c(=O)n1Cc1ccc(Cl)cc1. The van der Waals surface area contributed by atoms with E-state index >= 15 is 0 Å². The van der Waals surface area contributed by atoms with Crippen molar-refractivity contribution >= 4 is 27.5 Å². The fourth-order valence-corrected chi connectivity index (χ4v) is 1.86. The highest BCUT2D eigenvalue weighted by Gasteiger charge is 2.05. The van der Waals surface area contributed by atoms with Crippen molar-refractivity contribution in [2.24, 2.45) is 0 Å². The summed E-state index contributed by atoms with van der Waals surface area (Å²) in [6, 6.07) is 6.98. The number of hydrogen-bond acceptors (Lipinski definition) is 2. The van der Waals surface area contributed by atoms with E-state index in [1.54, 1.807) is 24.3 Å². The lowest BCUT2D eigenvalue weighted by molar-refractivity contribution is 0.694. The molecule has 0 amide bonds. The van der Waals surface area contributed by atoms with E-state index < -0.39 is 5.69 Å². The summed E-state index contributed by atoms with van der Waals surface area (Å²) in [5.41, 5.74) is 0.0388. The van der Waals surface area contributed by atoms with Gasteiger partial charge in [0.05, 0.1) is 11.0 Å². The van der Waals surface area contributed by atoms with Crippen LogP contribution in [0.2, 0.25) is 5.02 Å². The van der Waals surface area contributed by atoms with Crippen LogP contribution >= 0.6 is 27.5 Å². The van der Waals surface area contributed by atoms with Crippen molar-refractivity contribution < 1.29 is 0 Å². The van der Waals surface area contributed by atoms with Crippen LogP contribution in [0, 0.1) is 0 Å². The molecule has 17 heavy (non-hydrogen) atoms. The largest absolute Gasteiger partial charge is 0.328 e. The number of aromatic nitrogens is 2. The third kappa shape index (κ3) is 2.68. The van der Waals surface area contributed by atoms with Gasteiger partial charge < -0.3 is 4.98 Å². The minimum absolute atomic E-state index is 0.213. The van der Waals surface area contributed by atoms with Crippen molar-refractivity contribution in [3.63, 3.8) is 0 Å². The van der Waals surface area contributed by atoms with Crippen molar-refractivity contribution in [1.82, 2.24) is 9.55 Å². The van der Waals surface area contributed by atoms with Crippen molar-refractivity contribution in [2.75, 3.05) is 0 Å². The molecule has 6 heteroatoms. The predicted molar refractivity (Wildman–Crippen MR) is 69.6 cm³/mol. The molecule has 1 aromatic heterocycles. The lowest BCUT2D eigenvalue weighted by Gasteiger charge is -2.04. The standard InChI is InChI=1S/C11H8BrClN2O2/c12-9-5-14-11(17)15(10(9)16)6-7-1-3-8(13)4-2-7/h1-5H,6H2,(H,14,17). The minimum atomic E-state index is -0.437. The highest BCUT2D eigenvalue weighted by molar-refractivity contribution is 9.10. The highest BCUT2D eigenvalue weighted by atomic mass is 79.9. The number of rotatable bonds is 2. The quantitative estimate of drug-likeness (QED) is 0.921. The summed E-state index contributed by atoms with van der Waals surface area (Å²) < 4.78 is 1.44. The molecule has 88 valence electrons. The molecular formula is C11H8BrClN2O2. The Morgan fingerprint density at radius 3 is 2.53 bits per heavy atom. The molecule has 4 nitrogen and oxygen atoms in total. The molecule has 2 aromatic rings. The third-order valence-electron chi connectivity index (χ3n) is 2.27. The van der Waals surface area contributed by atoms with Crippen molar-refractivity contribution in [3.8, 4) is 0 Å². The maximum absolute atomic E-state index is 11.7. The van der Waals surface area contributed by atoms with Gasteiger partial charge in [-0.2, -0.15) is 0 Å². The topological polar surface area (TPSA) is 54.9 Å². The Balaban J connectivity index is 2.43. The van der Waals surface area contributed by atoms with E-state index in [0.717, 1.165) is 10.1 Å². The number of benzene rings is 1. The van der Waals surface area contributed by atoms with E-state index in [-0.39, 0.29) is 12.1 Å². The molecule has 0 radical (unpaired) electrons. The molecule has 0 saturated carbocycles. The Kier molecular flexibility index (Phi) is 3.49. The summed E-state index contributed by atoms with van der Waals surface area (Å²) in [6.07, 6.45) is 1.34. The second kappa shape index (κ2) is 4.89. The van der Waals surface area contributed by atoms with Crippen LogP contribution in [0.4, 0.5) is 0 Å². The van der Waals surface area contributed by atoms with Gasteiger partial charge in [0.1, 0.15) is 0 Å². The van der Waals surface area contributed by atoms with Crippen LogP contribution < -0.4 is 11.2 Å². The van der Waals surface area contributed by atoms with Gasteiger partial charge >= 0.3 is 5.69 Å². The molecule has 0 fully saturated rings. The summed E-state index contributed by atoms with van der Waals surface area (Å²) in [7, 11) is 0. The van der Waals surface area contributed by atoms with Gasteiger partial charge in [0.25, 0.3) is 5.56 Å². The van der Waals surface area contributed by atoms with Crippen LogP contribution in [0.25, 0.3) is 0 Å². The number of aromatic amines is 1. The first-order valence-corrected chi connectivity index (χ1v) is 5.97. The number of halogens is 2. The maximum Gasteiger partial charge on any atom is 0.328 e. The van der Waals surface area contributed by atoms with Gasteiger partial charge in [0, 0.05) is 11.2 Å². The molecule has 0 aliphatic rings. The van der Waals surface area contributed by atoms with Crippen molar-refractivity contribution in [1.29, 1.82) is 0 Å². The fourth-order valence-electron chi connectivity index (χ4n) is 1.40. The van der Waals surface area contributed by atoms with E-state index in [0.29, 0.717) is 9.50 Å². The molecule has 1 N–H and O–H groups in total. The molecule has 0 aliphatic carbocycles. The molecule has 0 atom stereocenters. The maximum atomic E-state index is 11.7. The number of hydrogen-bond donors (Lipinski definition) is 1. The second-order valence-electron chi connectivity index (χ2n) is 3.46. The summed E-state index contributed by atoms with van der Waals surface area (Å²) in [5, 5.41) is 0.615. The Morgan fingerprint density at radius 1 is 1.24 bits per heavy atom. The molecule has 0 bridgehead atoms. The normalized spacial score (nSPS) is 10.5. The Morgan fingerprint density at radius 2 is 1.88 bits per heavy atom. The van der Waals surface area contributed by atoms with E-state index in [1.165, 1.54) is 6.20 Å². The second-order valence-corrected chi connectivity index (χ2v) is 4.75. The van der Waals surface area contributed by atoms with Crippen LogP contribution in [-0.4, -0.2) is 9.55 Å². The van der Waals surface area contributed by atoms with Crippen molar-refractivity contribution in [3.05, 3.63) is 66.4 Å². The van der Waals surface area contributed by atoms with Crippen LogP contribution in [0.15, 0.2) is 44.5 Å². The zero-order chi connectivity index (χ0) is 12.4. The molecule has 0 spiro atoms. The van der Waals surface area contributed by atoms with Crippen molar-refractivity contribution in [2.45, 2.75) is 6.54 Å². The molecular weight excluding hydrogens is 307 g/mol.